The molecule has 1 aliphatic heterocycles. The zero-order valence-electron chi connectivity index (χ0n) is 10.3. The normalized spacial score (nSPS) is 20.4. The van der Waals surface area contributed by atoms with Gasteiger partial charge in [-0.05, 0) is 31.5 Å². The summed E-state index contributed by atoms with van der Waals surface area (Å²) in [4.78, 5) is 17.8. The number of piperidine rings is 1. The Balaban J connectivity index is 1.72. The molecule has 2 rings (SSSR count). The van der Waals surface area contributed by atoms with Gasteiger partial charge in [0.2, 0.25) is 0 Å². The minimum absolute atomic E-state index is 0.0743. The largest absolute Gasteiger partial charge is 0.327 e. The van der Waals surface area contributed by atoms with Gasteiger partial charge in [-0.25, -0.2) is 4.98 Å². The van der Waals surface area contributed by atoms with Gasteiger partial charge in [0.15, 0.2) is 0 Å². The highest BCUT2D eigenvalue weighted by molar-refractivity contribution is 5.79. The number of pyridine rings is 1. The van der Waals surface area contributed by atoms with E-state index in [1.165, 1.54) is 0 Å². The number of hydrogen-bond donors (Lipinski definition) is 3. The Morgan fingerprint density at radius 3 is 3.17 bits per heavy atom. The fourth-order valence-corrected chi connectivity index (χ4v) is 2.05. The lowest BCUT2D eigenvalue weighted by Crippen LogP contribution is -2.47. The molecule has 0 radical (unpaired) electrons. The number of likely N-dealkylation sites (tertiary alicyclic amines) is 1. The van der Waals surface area contributed by atoms with E-state index in [-0.39, 0.29) is 11.9 Å². The van der Waals surface area contributed by atoms with Gasteiger partial charge >= 0.3 is 0 Å². The molecular weight excluding hydrogens is 230 g/mol. The van der Waals surface area contributed by atoms with Crippen molar-refractivity contribution in [3.63, 3.8) is 0 Å². The van der Waals surface area contributed by atoms with E-state index in [9.17, 15) is 4.79 Å². The maximum absolute atomic E-state index is 11.7. The number of amides is 1. The molecule has 6 nitrogen and oxygen atoms in total. The van der Waals surface area contributed by atoms with Crippen LogP contribution in [0, 0.1) is 0 Å². The Hall–Kier alpha value is -1.66. The van der Waals surface area contributed by atoms with Crippen molar-refractivity contribution in [2.45, 2.75) is 18.9 Å². The molecule has 1 saturated heterocycles. The van der Waals surface area contributed by atoms with Gasteiger partial charge < -0.3 is 5.73 Å². The SMILES string of the molecule is NC1CCCN(CC(=O)NNc2ccccn2)C1. The Morgan fingerprint density at radius 1 is 1.56 bits per heavy atom. The third-order valence-corrected chi connectivity index (χ3v) is 2.90. The molecule has 18 heavy (non-hydrogen) atoms. The Labute approximate surface area is 107 Å². The number of nitrogens with one attached hydrogen (secondary N) is 2. The molecule has 1 aliphatic rings. The highest BCUT2D eigenvalue weighted by atomic mass is 16.2. The molecule has 1 unspecified atom stereocenters. The quantitative estimate of drug-likeness (QED) is 0.652. The molecule has 2 heterocycles. The lowest BCUT2D eigenvalue weighted by Gasteiger charge is -2.29. The molecule has 4 N–H and O–H groups in total. The van der Waals surface area contributed by atoms with Crippen molar-refractivity contribution in [2.24, 2.45) is 5.73 Å². The maximum atomic E-state index is 11.7. The van der Waals surface area contributed by atoms with Crippen molar-refractivity contribution < 1.29 is 4.79 Å². The van der Waals surface area contributed by atoms with Crippen LogP contribution in [0.2, 0.25) is 0 Å². The van der Waals surface area contributed by atoms with Crippen LogP contribution in [0.25, 0.3) is 0 Å². The van der Waals surface area contributed by atoms with Gasteiger partial charge in [-0.2, -0.15) is 0 Å². The predicted octanol–water partition coefficient (Wildman–Crippen LogP) is -0.0522. The number of carbonyl (C=O) groups excluding carboxylic acids is 1. The first-order chi connectivity index (χ1) is 8.74. The molecule has 1 atom stereocenters. The third kappa shape index (κ3) is 3.97. The zero-order valence-corrected chi connectivity index (χ0v) is 10.3. The van der Waals surface area contributed by atoms with Gasteiger partial charge in [0.1, 0.15) is 5.82 Å². The second-order valence-corrected chi connectivity index (χ2v) is 4.53. The smallest absolute Gasteiger partial charge is 0.252 e. The minimum Gasteiger partial charge on any atom is -0.327 e. The molecule has 1 amide bonds. The number of hydrogen-bond acceptors (Lipinski definition) is 5. The number of nitrogens with two attached hydrogens (primary N) is 1. The first-order valence-corrected chi connectivity index (χ1v) is 6.18. The van der Waals surface area contributed by atoms with Crippen LogP contribution < -0.4 is 16.6 Å². The summed E-state index contributed by atoms with van der Waals surface area (Å²) in [7, 11) is 0. The van der Waals surface area contributed by atoms with E-state index < -0.39 is 0 Å². The highest BCUT2D eigenvalue weighted by Crippen LogP contribution is 2.07. The maximum Gasteiger partial charge on any atom is 0.252 e. The molecule has 1 aromatic heterocycles. The van der Waals surface area contributed by atoms with Crippen molar-refractivity contribution in [3.05, 3.63) is 24.4 Å². The second kappa shape index (κ2) is 6.32. The van der Waals surface area contributed by atoms with Crippen molar-refractivity contribution in [3.8, 4) is 0 Å². The molecular formula is C12H19N5O. The molecule has 1 fully saturated rings. The van der Waals surface area contributed by atoms with Crippen LogP contribution in [0.5, 0.6) is 0 Å². The Morgan fingerprint density at radius 2 is 2.44 bits per heavy atom. The molecule has 0 saturated carbocycles. The monoisotopic (exact) mass is 249 g/mol. The third-order valence-electron chi connectivity index (χ3n) is 2.90. The number of carbonyl (C=O) groups is 1. The standard InChI is InChI=1S/C12H19N5O/c13-10-4-3-7-17(8-10)9-12(18)16-15-11-5-1-2-6-14-11/h1-2,5-6,10H,3-4,7-9,13H2,(H,14,15)(H,16,18). The molecule has 98 valence electrons. The summed E-state index contributed by atoms with van der Waals surface area (Å²) in [6, 6.07) is 5.65. The van der Waals surface area contributed by atoms with E-state index >= 15 is 0 Å². The number of rotatable bonds is 4. The van der Waals surface area contributed by atoms with Crippen LogP contribution in [-0.4, -0.2) is 41.5 Å². The molecule has 0 bridgehead atoms. The van der Waals surface area contributed by atoms with Crippen LogP contribution >= 0.6 is 0 Å². The van der Waals surface area contributed by atoms with Crippen LogP contribution in [0.1, 0.15) is 12.8 Å². The fourth-order valence-electron chi connectivity index (χ4n) is 2.05. The summed E-state index contributed by atoms with van der Waals surface area (Å²) in [5.74, 6) is 0.552. The van der Waals surface area contributed by atoms with E-state index in [1.54, 1.807) is 12.3 Å². The van der Waals surface area contributed by atoms with Gasteiger partial charge in [-0.1, -0.05) is 6.07 Å². The number of nitrogens with zero attached hydrogens (tertiary/aromatic N) is 2. The van der Waals surface area contributed by atoms with Crippen LogP contribution in [0.3, 0.4) is 0 Å². The van der Waals surface area contributed by atoms with Crippen LogP contribution in [-0.2, 0) is 4.79 Å². The first kappa shape index (κ1) is 12.8. The molecule has 0 aliphatic carbocycles. The summed E-state index contributed by atoms with van der Waals surface area (Å²) >= 11 is 0. The molecule has 0 spiro atoms. The predicted molar refractivity (Wildman–Crippen MR) is 69.7 cm³/mol. The summed E-state index contributed by atoms with van der Waals surface area (Å²) in [6.07, 6.45) is 3.77. The highest BCUT2D eigenvalue weighted by Gasteiger charge is 2.18. The average molecular weight is 249 g/mol. The van der Waals surface area contributed by atoms with Crippen molar-refractivity contribution in [1.82, 2.24) is 15.3 Å². The van der Waals surface area contributed by atoms with Gasteiger partial charge in [-0.3, -0.25) is 20.5 Å². The van der Waals surface area contributed by atoms with Crippen molar-refractivity contribution >= 4 is 11.7 Å². The summed E-state index contributed by atoms with van der Waals surface area (Å²) < 4.78 is 0. The van der Waals surface area contributed by atoms with E-state index in [2.05, 4.69) is 20.7 Å². The minimum atomic E-state index is -0.0743. The lowest BCUT2D eigenvalue weighted by molar-refractivity contribution is -0.122. The number of aromatic nitrogens is 1. The molecule has 1 aromatic rings. The number of anilines is 1. The van der Waals surface area contributed by atoms with E-state index in [1.807, 2.05) is 12.1 Å². The van der Waals surface area contributed by atoms with E-state index in [0.29, 0.717) is 12.4 Å². The van der Waals surface area contributed by atoms with Gasteiger partial charge in [0.05, 0.1) is 6.54 Å². The molecule has 6 heteroatoms. The Kier molecular flexibility index (Phi) is 4.49. The van der Waals surface area contributed by atoms with Crippen molar-refractivity contribution in [1.29, 1.82) is 0 Å². The topological polar surface area (TPSA) is 83.3 Å². The van der Waals surface area contributed by atoms with E-state index in [0.717, 1.165) is 25.9 Å². The van der Waals surface area contributed by atoms with E-state index in [4.69, 9.17) is 5.73 Å². The van der Waals surface area contributed by atoms with Gasteiger partial charge in [0, 0.05) is 18.8 Å². The van der Waals surface area contributed by atoms with Gasteiger partial charge in [0.25, 0.3) is 5.91 Å². The first-order valence-electron chi connectivity index (χ1n) is 6.18. The average Bonchev–Trinajstić information content (AvgIpc) is 2.38. The van der Waals surface area contributed by atoms with Gasteiger partial charge in [-0.15, -0.1) is 0 Å². The summed E-state index contributed by atoms with van der Waals surface area (Å²) in [5.41, 5.74) is 11.3. The Bertz CT molecular complexity index is 383. The zero-order chi connectivity index (χ0) is 12.8. The molecule has 0 aromatic carbocycles. The fraction of sp³-hybridized carbons (Fsp3) is 0.500. The lowest BCUT2D eigenvalue weighted by atomic mass is 10.1. The second-order valence-electron chi connectivity index (χ2n) is 4.53. The number of hydrazine groups is 1. The summed E-state index contributed by atoms with van der Waals surface area (Å²) in [5, 5.41) is 0. The van der Waals surface area contributed by atoms with Crippen molar-refractivity contribution in [2.75, 3.05) is 25.1 Å². The summed E-state index contributed by atoms with van der Waals surface area (Å²) in [6.45, 7) is 2.09. The van der Waals surface area contributed by atoms with Crippen LogP contribution in [0.15, 0.2) is 24.4 Å². The van der Waals surface area contributed by atoms with Crippen LogP contribution in [0.4, 0.5) is 5.82 Å².